The summed E-state index contributed by atoms with van der Waals surface area (Å²) < 4.78 is 0. The maximum Gasteiger partial charge on any atom is 0.243 e. The van der Waals surface area contributed by atoms with E-state index < -0.39 is 0 Å². The zero-order valence-electron chi connectivity index (χ0n) is 8.79. The van der Waals surface area contributed by atoms with Crippen LogP contribution in [0.1, 0.15) is 12.5 Å². The number of fused-ring (bicyclic) bond motifs is 1. The van der Waals surface area contributed by atoms with Crippen molar-refractivity contribution in [1.82, 2.24) is 0 Å². The lowest BCUT2D eigenvalue weighted by Crippen LogP contribution is -2.38. The fraction of sp³-hybridized carbons (Fsp3) is 0.364. The zero-order valence-corrected chi connectivity index (χ0v) is 8.79. The van der Waals surface area contributed by atoms with Gasteiger partial charge in [-0.2, -0.15) is 0 Å². The molecule has 1 aromatic rings. The number of rotatable bonds is 2. The number of benzene rings is 1. The summed E-state index contributed by atoms with van der Waals surface area (Å²) in [4.78, 5) is 13.4. The molecule has 1 aliphatic rings. The first-order valence-electron chi connectivity index (χ1n) is 5.12. The van der Waals surface area contributed by atoms with E-state index in [0.29, 0.717) is 13.1 Å². The van der Waals surface area contributed by atoms with Gasteiger partial charge in [-0.3, -0.25) is 4.79 Å². The van der Waals surface area contributed by atoms with Crippen LogP contribution in [0, 0.1) is 0 Å². The minimum Gasteiger partial charge on any atom is -0.361 e. The van der Waals surface area contributed by atoms with Gasteiger partial charge in [-0.15, -0.1) is 0 Å². The number of carbonyl (C=O) groups excluding carboxylic acids is 1. The first kappa shape index (κ1) is 9.98. The second-order valence-corrected chi connectivity index (χ2v) is 3.62. The number of amides is 1. The van der Waals surface area contributed by atoms with Crippen molar-refractivity contribution < 1.29 is 4.79 Å². The molecule has 1 aliphatic heterocycles. The Bertz CT molecular complexity index is 389. The van der Waals surface area contributed by atoms with Crippen molar-refractivity contribution >= 4 is 17.3 Å². The predicted molar refractivity (Wildman–Crippen MR) is 60.9 cm³/mol. The van der Waals surface area contributed by atoms with Crippen LogP contribution in [0.3, 0.4) is 0 Å². The van der Waals surface area contributed by atoms with Gasteiger partial charge in [0.1, 0.15) is 0 Å². The van der Waals surface area contributed by atoms with Gasteiger partial charge in [0.2, 0.25) is 5.91 Å². The third-order valence-electron chi connectivity index (χ3n) is 2.63. The smallest absolute Gasteiger partial charge is 0.243 e. The summed E-state index contributed by atoms with van der Waals surface area (Å²) >= 11 is 0. The summed E-state index contributed by atoms with van der Waals surface area (Å²) in [5.74, 6) is 0.0462. The van der Waals surface area contributed by atoms with Gasteiger partial charge in [0.05, 0.1) is 17.9 Å². The van der Waals surface area contributed by atoms with Crippen molar-refractivity contribution in [2.45, 2.75) is 13.5 Å². The topological polar surface area (TPSA) is 58.4 Å². The lowest BCUT2D eigenvalue weighted by atomic mass is 10.1. The summed E-state index contributed by atoms with van der Waals surface area (Å²) in [6.45, 7) is 3.82. The van der Waals surface area contributed by atoms with E-state index in [4.69, 9.17) is 5.73 Å². The normalized spacial score (nSPS) is 14.8. The van der Waals surface area contributed by atoms with Crippen LogP contribution in [0.2, 0.25) is 0 Å². The average Bonchev–Trinajstić information content (AvgIpc) is 2.27. The highest BCUT2D eigenvalue weighted by Crippen LogP contribution is 2.29. The number of likely N-dealkylation sites (N-methyl/N-ethyl adjacent to an activating group) is 1. The summed E-state index contributed by atoms with van der Waals surface area (Å²) in [6, 6.07) is 5.90. The summed E-state index contributed by atoms with van der Waals surface area (Å²) in [5.41, 5.74) is 8.63. The highest BCUT2D eigenvalue weighted by molar-refractivity contribution is 6.01. The predicted octanol–water partition coefficient (Wildman–Crippen LogP) is 0.924. The Labute approximate surface area is 89.1 Å². The standard InChI is InChI=1S/C11H15N3O/c1-2-14-7-11(15)13-9-4-3-8(6-12)5-10(9)14/h3-5H,2,6-7,12H2,1H3,(H,13,15). The molecule has 0 aliphatic carbocycles. The van der Waals surface area contributed by atoms with Crippen LogP contribution in [-0.2, 0) is 11.3 Å². The van der Waals surface area contributed by atoms with Crippen LogP contribution in [0.4, 0.5) is 11.4 Å². The number of hydrogen-bond acceptors (Lipinski definition) is 3. The van der Waals surface area contributed by atoms with Gasteiger partial charge in [-0.05, 0) is 24.6 Å². The average molecular weight is 205 g/mol. The van der Waals surface area contributed by atoms with Crippen LogP contribution in [0.15, 0.2) is 18.2 Å². The molecule has 15 heavy (non-hydrogen) atoms. The summed E-state index contributed by atoms with van der Waals surface area (Å²) in [5, 5.41) is 2.85. The lowest BCUT2D eigenvalue weighted by molar-refractivity contribution is -0.115. The maximum atomic E-state index is 11.4. The highest BCUT2D eigenvalue weighted by atomic mass is 16.2. The fourth-order valence-corrected chi connectivity index (χ4v) is 1.80. The van der Waals surface area contributed by atoms with E-state index in [1.54, 1.807) is 0 Å². The Hall–Kier alpha value is -1.55. The van der Waals surface area contributed by atoms with E-state index in [9.17, 15) is 4.79 Å². The van der Waals surface area contributed by atoms with Crippen molar-refractivity contribution in [3.8, 4) is 0 Å². The van der Waals surface area contributed by atoms with E-state index >= 15 is 0 Å². The monoisotopic (exact) mass is 205 g/mol. The molecular formula is C11H15N3O. The Morgan fingerprint density at radius 1 is 1.53 bits per heavy atom. The highest BCUT2D eigenvalue weighted by Gasteiger charge is 2.20. The van der Waals surface area contributed by atoms with Crippen molar-refractivity contribution in [3.05, 3.63) is 23.8 Å². The SMILES string of the molecule is CCN1CC(=O)Nc2ccc(CN)cc21. The molecule has 0 bridgehead atoms. The molecule has 1 heterocycles. The number of nitrogens with zero attached hydrogens (tertiary/aromatic N) is 1. The van der Waals surface area contributed by atoms with Crippen LogP contribution < -0.4 is 16.0 Å². The molecule has 0 aromatic heterocycles. The third-order valence-corrected chi connectivity index (χ3v) is 2.63. The summed E-state index contributed by atoms with van der Waals surface area (Å²) in [7, 11) is 0. The van der Waals surface area contributed by atoms with Gasteiger partial charge in [0.25, 0.3) is 0 Å². The molecule has 0 fully saturated rings. The van der Waals surface area contributed by atoms with Gasteiger partial charge in [0, 0.05) is 13.1 Å². The molecule has 4 heteroatoms. The molecule has 0 atom stereocenters. The summed E-state index contributed by atoms with van der Waals surface area (Å²) in [6.07, 6.45) is 0. The Balaban J connectivity index is 2.42. The van der Waals surface area contributed by atoms with E-state index in [2.05, 4.69) is 5.32 Å². The number of nitrogens with two attached hydrogens (primary N) is 1. The van der Waals surface area contributed by atoms with Crippen molar-refractivity contribution in [1.29, 1.82) is 0 Å². The number of carbonyl (C=O) groups is 1. The Kier molecular flexibility index (Phi) is 2.60. The van der Waals surface area contributed by atoms with Crippen LogP contribution >= 0.6 is 0 Å². The molecule has 0 saturated carbocycles. The van der Waals surface area contributed by atoms with Gasteiger partial charge in [-0.25, -0.2) is 0 Å². The molecule has 1 aromatic carbocycles. The first-order valence-corrected chi connectivity index (χ1v) is 5.12. The van der Waals surface area contributed by atoms with Gasteiger partial charge >= 0.3 is 0 Å². The van der Waals surface area contributed by atoms with E-state index in [0.717, 1.165) is 23.5 Å². The van der Waals surface area contributed by atoms with E-state index in [1.165, 1.54) is 0 Å². The molecule has 0 spiro atoms. The minimum atomic E-state index is 0.0462. The second-order valence-electron chi connectivity index (χ2n) is 3.62. The Morgan fingerprint density at radius 3 is 3.00 bits per heavy atom. The quantitative estimate of drug-likeness (QED) is 0.755. The van der Waals surface area contributed by atoms with Crippen molar-refractivity contribution in [2.24, 2.45) is 5.73 Å². The molecule has 0 radical (unpaired) electrons. The molecular weight excluding hydrogens is 190 g/mol. The molecule has 4 nitrogen and oxygen atoms in total. The van der Waals surface area contributed by atoms with E-state index in [-0.39, 0.29) is 5.91 Å². The fourth-order valence-electron chi connectivity index (χ4n) is 1.80. The van der Waals surface area contributed by atoms with Gasteiger partial charge in [0.15, 0.2) is 0 Å². The molecule has 3 N–H and O–H groups in total. The number of nitrogens with one attached hydrogen (secondary N) is 1. The van der Waals surface area contributed by atoms with Crippen LogP contribution in [-0.4, -0.2) is 19.0 Å². The van der Waals surface area contributed by atoms with Gasteiger partial charge < -0.3 is 16.0 Å². The lowest BCUT2D eigenvalue weighted by Gasteiger charge is -2.30. The van der Waals surface area contributed by atoms with Crippen LogP contribution in [0.25, 0.3) is 0 Å². The molecule has 80 valence electrons. The number of anilines is 2. The van der Waals surface area contributed by atoms with Crippen LogP contribution in [0.5, 0.6) is 0 Å². The van der Waals surface area contributed by atoms with Gasteiger partial charge in [-0.1, -0.05) is 6.07 Å². The zero-order chi connectivity index (χ0) is 10.8. The molecule has 1 amide bonds. The molecule has 2 rings (SSSR count). The van der Waals surface area contributed by atoms with Crippen molar-refractivity contribution in [3.63, 3.8) is 0 Å². The number of hydrogen-bond donors (Lipinski definition) is 2. The largest absolute Gasteiger partial charge is 0.361 e. The maximum absolute atomic E-state index is 11.4. The molecule has 0 unspecified atom stereocenters. The van der Waals surface area contributed by atoms with E-state index in [1.807, 2.05) is 30.0 Å². The second kappa shape index (κ2) is 3.90. The minimum absolute atomic E-state index is 0.0462. The Morgan fingerprint density at radius 2 is 2.33 bits per heavy atom. The first-order chi connectivity index (χ1) is 7.24. The van der Waals surface area contributed by atoms with Crippen molar-refractivity contribution in [2.75, 3.05) is 23.3 Å². The molecule has 0 saturated heterocycles. The third kappa shape index (κ3) is 1.80.